The fourth-order valence-electron chi connectivity index (χ4n) is 2.89. The molecule has 0 aromatic heterocycles. The number of carboxylic acids is 1. The van der Waals surface area contributed by atoms with E-state index in [0.29, 0.717) is 29.7 Å². The van der Waals surface area contributed by atoms with E-state index in [4.69, 9.17) is 19.3 Å². The summed E-state index contributed by atoms with van der Waals surface area (Å²) in [5.41, 5.74) is 2.37. The van der Waals surface area contributed by atoms with Crippen molar-refractivity contribution in [2.45, 2.75) is 19.8 Å². The Morgan fingerprint density at radius 1 is 1.10 bits per heavy atom. The number of methoxy groups -OCH3 is 2. The minimum atomic E-state index is -1.79. The highest BCUT2D eigenvalue weighted by molar-refractivity contribution is 6.29. The van der Waals surface area contributed by atoms with Gasteiger partial charge in [0.15, 0.2) is 5.75 Å². The molecule has 2 aromatic carbocycles. The normalized spacial score (nSPS) is 10.5. The van der Waals surface area contributed by atoms with Crippen LogP contribution in [0, 0.1) is 0 Å². The quantitative estimate of drug-likeness (QED) is 0.223. The van der Waals surface area contributed by atoms with Crippen molar-refractivity contribution in [3.63, 3.8) is 0 Å². The second-order valence-electron chi connectivity index (χ2n) is 6.74. The first-order valence-electron chi connectivity index (χ1n) is 9.43. The van der Waals surface area contributed by atoms with Crippen molar-refractivity contribution in [2.24, 2.45) is 0 Å². The number of esters is 2. The topological polar surface area (TPSA) is 99.1 Å². The van der Waals surface area contributed by atoms with E-state index in [-0.39, 0.29) is 11.3 Å². The zero-order valence-corrected chi connectivity index (χ0v) is 17.6. The second kappa shape index (κ2) is 10.8. The largest absolute Gasteiger partial charge is 0.496 e. The molecule has 0 spiro atoms. The van der Waals surface area contributed by atoms with Crippen molar-refractivity contribution in [1.82, 2.24) is 0 Å². The number of rotatable bonds is 8. The van der Waals surface area contributed by atoms with Gasteiger partial charge in [0, 0.05) is 5.56 Å². The van der Waals surface area contributed by atoms with Crippen LogP contribution in [-0.2, 0) is 20.7 Å². The molecule has 162 valence electrons. The zero-order valence-electron chi connectivity index (χ0n) is 17.6. The molecular weight excluding hydrogens is 400 g/mol. The molecule has 0 atom stereocenters. The smallest absolute Gasteiger partial charge is 0.422 e. The predicted octanol–water partition coefficient (Wildman–Crippen LogP) is 4.15. The molecular formula is C24H24O7. The Balaban J connectivity index is 2.75. The van der Waals surface area contributed by atoms with Crippen LogP contribution in [-0.4, -0.2) is 37.2 Å². The van der Waals surface area contributed by atoms with Crippen molar-refractivity contribution in [2.75, 3.05) is 14.2 Å². The minimum absolute atomic E-state index is 0.0678. The van der Waals surface area contributed by atoms with Gasteiger partial charge in [0.2, 0.25) is 0 Å². The summed E-state index contributed by atoms with van der Waals surface area (Å²) in [5, 5.41) is 9.04. The summed E-state index contributed by atoms with van der Waals surface area (Å²) in [5.74, 6) is -3.94. The van der Waals surface area contributed by atoms with Crippen molar-refractivity contribution in [3.8, 4) is 11.5 Å². The van der Waals surface area contributed by atoms with Gasteiger partial charge in [0.25, 0.3) is 0 Å². The molecule has 0 fully saturated rings. The van der Waals surface area contributed by atoms with Crippen LogP contribution < -0.4 is 9.47 Å². The Kier molecular flexibility index (Phi) is 8.14. The fourth-order valence-corrected chi connectivity index (χ4v) is 2.89. The zero-order chi connectivity index (χ0) is 23.0. The van der Waals surface area contributed by atoms with Crippen molar-refractivity contribution >= 4 is 30.1 Å². The lowest BCUT2D eigenvalue weighted by Crippen LogP contribution is -2.22. The molecule has 0 unspecified atom stereocenters. The van der Waals surface area contributed by atoms with E-state index in [1.54, 1.807) is 18.2 Å². The number of hydrogen-bond donors (Lipinski definition) is 1. The van der Waals surface area contributed by atoms with Crippen LogP contribution in [0.25, 0.3) is 12.2 Å². The molecule has 0 bridgehead atoms. The summed E-state index contributed by atoms with van der Waals surface area (Å²) in [7, 11) is 2.62. The molecule has 0 amide bonds. The lowest BCUT2D eigenvalue weighted by molar-refractivity contribution is -0.158. The summed E-state index contributed by atoms with van der Waals surface area (Å²) in [6, 6.07) is 11.0. The van der Waals surface area contributed by atoms with Crippen LogP contribution >= 0.6 is 0 Å². The lowest BCUT2D eigenvalue weighted by atomic mass is 9.96. The average molecular weight is 424 g/mol. The van der Waals surface area contributed by atoms with Crippen molar-refractivity contribution in [1.29, 1.82) is 0 Å². The van der Waals surface area contributed by atoms with E-state index in [1.165, 1.54) is 14.2 Å². The Labute approximate surface area is 180 Å². The van der Waals surface area contributed by atoms with E-state index in [0.717, 1.165) is 11.1 Å². The molecule has 31 heavy (non-hydrogen) atoms. The van der Waals surface area contributed by atoms with Gasteiger partial charge >= 0.3 is 17.9 Å². The number of carboxylic acid groups (broad SMARTS) is 1. The van der Waals surface area contributed by atoms with Gasteiger partial charge in [-0.2, -0.15) is 0 Å². The van der Waals surface area contributed by atoms with Gasteiger partial charge in [-0.3, -0.25) is 0 Å². The van der Waals surface area contributed by atoms with Gasteiger partial charge in [0.05, 0.1) is 14.2 Å². The second-order valence-corrected chi connectivity index (χ2v) is 6.74. The first-order valence-corrected chi connectivity index (χ1v) is 9.43. The standard InChI is InChI=1S/C24H24O7/c1-15(2)10-13-18-19(29-3)14-17(12-11-16-8-6-5-7-9-16)20(23(27)30-4)21(18)31-24(28)22(25)26/h5-9,11-12,14H,1,10,13H2,2-4H3,(H,25,26)/b12-11+. The molecule has 0 radical (unpaired) electrons. The summed E-state index contributed by atoms with van der Waals surface area (Å²) >= 11 is 0. The third kappa shape index (κ3) is 6.05. The monoisotopic (exact) mass is 424 g/mol. The Morgan fingerprint density at radius 3 is 2.32 bits per heavy atom. The summed E-state index contributed by atoms with van der Waals surface area (Å²) in [4.78, 5) is 35.7. The van der Waals surface area contributed by atoms with Gasteiger partial charge in [-0.25, -0.2) is 14.4 Å². The molecule has 0 aliphatic rings. The van der Waals surface area contributed by atoms with Crippen LogP contribution in [0.15, 0.2) is 48.6 Å². The summed E-state index contributed by atoms with van der Waals surface area (Å²) in [6.07, 6.45) is 4.23. The van der Waals surface area contributed by atoms with Gasteiger partial charge in [-0.15, -0.1) is 6.58 Å². The van der Waals surface area contributed by atoms with Crippen LogP contribution in [0.3, 0.4) is 0 Å². The molecule has 7 heteroatoms. The highest BCUT2D eigenvalue weighted by Gasteiger charge is 2.28. The van der Waals surface area contributed by atoms with E-state index in [1.807, 2.05) is 37.3 Å². The molecule has 0 heterocycles. The highest BCUT2D eigenvalue weighted by atomic mass is 16.6. The number of ether oxygens (including phenoxy) is 3. The van der Waals surface area contributed by atoms with Crippen molar-refractivity contribution < 1.29 is 33.7 Å². The molecule has 2 aromatic rings. The van der Waals surface area contributed by atoms with Gasteiger partial charge in [-0.05, 0) is 37.0 Å². The van der Waals surface area contributed by atoms with Gasteiger partial charge in [0.1, 0.15) is 11.3 Å². The van der Waals surface area contributed by atoms with Crippen molar-refractivity contribution in [3.05, 3.63) is 70.8 Å². The average Bonchev–Trinajstić information content (AvgIpc) is 2.76. The molecule has 0 aliphatic carbocycles. The van der Waals surface area contributed by atoms with Gasteiger partial charge < -0.3 is 19.3 Å². The molecule has 1 N–H and O–H groups in total. The maximum atomic E-state index is 12.7. The summed E-state index contributed by atoms with van der Waals surface area (Å²) < 4.78 is 15.5. The number of hydrogen-bond acceptors (Lipinski definition) is 6. The number of carbonyl (C=O) groups excluding carboxylic acids is 2. The van der Waals surface area contributed by atoms with E-state index in [2.05, 4.69) is 6.58 Å². The predicted molar refractivity (Wildman–Crippen MR) is 116 cm³/mol. The Hall–Kier alpha value is -3.87. The SMILES string of the molecule is C=C(C)CCc1c(OC)cc(/C=C/c2ccccc2)c(C(=O)OC)c1OC(=O)C(=O)O. The fraction of sp³-hybridized carbons (Fsp3) is 0.208. The number of benzene rings is 2. The van der Waals surface area contributed by atoms with E-state index >= 15 is 0 Å². The maximum Gasteiger partial charge on any atom is 0.422 e. The lowest BCUT2D eigenvalue weighted by Gasteiger charge is -2.18. The first kappa shape index (κ1) is 23.4. The van der Waals surface area contributed by atoms with Crippen LogP contribution in [0.4, 0.5) is 0 Å². The molecule has 2 rings (SSSR count). The van der Waals surface area contributed by atoms with E-state index in [9.17, 15) is 14.4 Å². The third-order valence-electron chi connectivity index (χ3n) is 4.41. The maximum absolute atomic E-state index is 12.7. The highest BCUT2D eigenvalue weighted by Crippen LogP contribution is 2.38. The molecule has 0 aliphatic heterocycles. The van der Waals surface area contributed by atoms with Crippen LogP contribution in [0.1, 0.15) is 40.4 Å². The first-order chi connectivity index (χ1) is 14.8. The number of carbonyl (C=O) groups is 3. The van der Waals surface area contributed by atoms with Crippen LogP contribution in [0.5, 0.6) is 11.5 Å². The molecule has 7 nitrogen and oxygen atoms in total. The number of aliphatic carboxylic acids is 1. The number of allylic oxidation sites excluding steroid dienone is 1. The Bertz CT molecular complexity index is 1020. The Morgan fingerprint density at radius 2 is 1.77 bits per heavy atom. The minimum Gasteiger partial charge on any atom is -0.496 e. The van der Waals surface area contributed by atoms with Gasteiger partial charge in [-0.1, -0.05) is 48.1 Å². The summed E-state index contributed by atoms with van der Waals surface area (Å²) in [6.45, 7) is 5.68. The van der Waals surface area contributed by atoms with Crippen LogP contribution in [0.2, 0.25) is 0 Å². The van der Waals surface area contributed by atoms with E-state index < -0.39 is 17.9 Å². The third-order valence-corrected chi connectivity index (χ3v) is 4.41. The molecule has 0 saturated heterocycles. The molecule has 0 saturated carbocycles.